The third-order valence-electron chi connectivity index (χ3n) is 12.5. The van der Waals surface area contributed by atoms with Gasteiger partial charge in [-0.25, -0.2) is 4.79 Å². The number of likely N-dealkylation sites (N-methyl/N-ethyl adjacent to an activating group) is 4. The second-order valence-corrected chi connectivity index (χ2v) is 16.2. The predicted molar refractivity (Wildman–Crippen MR) is 224 cm³/mol. The summed E-state index contributed by atoms with van der Waals surface area (Å²) in [5.41, 5.74) is 9.19. The summed E-state index contributed by atoms with van der Waals surface area (Å²) >= 11 is 0. The Morgan fingerprint density at radius 1 is 0.564 bits per heavy atom. The van der Waals surface area contributed by atoms with Gasteiger partial charge in [-0.2, -0.15) is 0 Å². The molecule has 4 aliphatic rings. The van der Waals surface area contributed by atoms with Gasteiger partial charge in [-0.15, -0.1) is 0 Å². The summed E-state index contributed by atoms with van der Waals surface area (Å²) in [4.78, 5) is 48.9. The van der Waals surface area contributed by atoms with Crippen LogP contribution in [0.3, 0.4) is 0 Å². The molecule has 7 nitrogen and oxygen atoms in total. The minimum Gasteiger partial charge on any atom is -0.347 e. The van der Waals surface area contributed by atoms with Crippen molar-refractivity contribution in [2.24, 2.45) is 0 Å². The van der Waals surface area contributed by atoms with E-state index in [0.717, 1.165) is 29.0 Å². The Morgan fingerprint density at radius 2 is 0.982 bits per heavy atom. The van der Waals surface area contributed by atoms with Crippen LogP contribution in [0.5, 0.6) is 0 Å². The second-order valence-electron chi connectivity index (χ2n) is 16.2. The molecule has 0 atom stereocenters. The van der Waals surface area contributed by atoms with E-state index in [1.165, 1.54) is 53.8 Å². The van der Waals surface area contributed by atoms with Gasteiger partial charge in [0.05, 0.1) is 0 Å². The van der Waals surface area contributed by atoms with Crippen molar-refractivity contribution in [1.29, 1.82) is 0 Å². The lowest BCUT2D eigenvalue weighted by Crippen LogP contribution is -2.56. The van der Waals surface area contributed by atoms with Crippen molar-refractivity contribution >= 4 is 50.8 Å². The fourth-order valence-electron chi connectivity index (χ4n) is 9.78. The van der Waals surface area contributed by atoms with Crippen LogP contribution < -0.4 is 9.80 Å². The molecular formula is C48H50N4O3. The van der Waals surface area contributed by atoms with E-state index in [-0.39, 0.29) is 29.5 Å². The molecule has 0 unspecified atom stereocenters. The number of amides is 4. The van der Waals surface area contributed by atoms with Gasteiger partial charge < -0.3 is 9.80 Å². The smallest absolute Gasteiger partial charge is 0.333 e. The van der Waals surface area contributed by atoms with Crippen molar-refractivity contribution in [3.8, 4) is 0 Å². The Balaban J connectivity index is 1.30. The van der Waals surface area contributed by atoms with Crippen molar-refractivity contribution in [1.82, 2.24) is 9.80 Å². The number of barbiturate groups is 1. The number of imide groups is 2. The number of urea groups is 1. The van der Waals surface area contributed by atoms with Crippen LogP contribution in [0, 0.1) is 0 Å². The third kappa shape index (κ3) is 5.42. The summed E-state index contributed by atoms with van der Waals surface area (Å²) in [5.74, 6) is -1.05. The molecule has 1 aliphatic carbocycles. The average Bonchev–Trinajstić information content (AvgIpc) is 3.50. The van der Waals surface area contributed by atoms with E-state index in [9.17, 15) is 14.4 Å². The van der Waals surface area contributed by atoms with E-state index in [0.29, 0.717) is 18.4 Å². The molecule has 7 heteroatoms. The lowest BCUT2D eigenvalue weighted by Gasteiger charge is -2.35. The average molecular weight is 731 g/mol. The number of carbonyl (C=O) groups excluding carboxylic acids is 3. The number of fused-ring (bicyclic) bond motifs is 6. The van der Waals surface area contributed by atoms with Crippen molar-refractivity contribution in [2.45, 2.75) is 71.6 Å². The Kier molecular flexibility index (Phi) is 8.75. The molecule has 0 spiro atoms. The topological polar surface area (TPSA) is 64.2 Å². The zero-order valence-electron chi connectivity index (χ0n) is 33.3. The monoisotopic (exact) mass is 730 g/mol. The molecular weight excluding hydrogens is 681 g/mol. The van der Waals surface area contributed by atoms with Crippen LogP contribution in [0.15, 0.2) is 131 Å². The molecule has 1 saturated heterocycles. The highest BCUT2D eigenvalue weighted by atomic mass is 16.2. The van der Waals surface area contributed by atoms with Gasteiger partial charge in [-0.05, 0) is 107 Å². The minimum absolute atomic E-state index is 0.0823. The number of anilines is 2. The summed E-state index contributed by atoms with van der Waals surface area (Å²) in [5, 5.41) is 4.90. The Hall–Kier alpha value is -5.69. The molecule has 55 heavy (non-hydrogen) atoms. The molecule has 0 radical (unpaired) electrons. The summed E-state index contributed by atoms with van der Waals surface area (Å²) in [6.07, 6.45) is 10.9. The van der Waals surface area contributed by atoms with Gasteiger partial charge in [0.1, 0.15) is 5.57 Å². The van der Waals surface area contributed by atoms with Gasteiger partial charge in [0.2, 0.25) is 0 Å². The summed E-state index contributed by atoms with van der Waals surface area (Å²) < 4.78 is 0. The van der Waals surface area contributed by atoms with Gasteiger partial charge in [0.25, 0.3) is 11.8 Å². The van der Waals surface area contributed by atoms with Crippen LogP contribution >= 0.6 is 0 Å². The Morgan fingerprint density at radius 3 is 1.40 bits per heavy atom. The predicted octanol–water partition coefficient (Wildman–Crippen LogP) is 10.1. The first kappa shape index (κ1) is 36.3. The SMILES string of the molecule is CCN1C(=O)C(=C2/C(=C/C=C3N(C)c4ccc5ccccc5c4C3(C)C)CCC/C2=C\C=C2\N(C)c3ccc4ccccc4c3C2(C)C)C(=O)N(CC)C1=O. The zero-order valence-corrected chi connectivity index (χ0v) is 33.3. The minimum atomic E-state index is -0.556. The van der Waals surface area contributed by atoms with Crippen LogP contribution in [-0.2, 0) is 20.4 Å². The van der Waals surface area contributed by atoms with E-state index < -0.39 is 17.8 Å². The number of benzene rings is 4. The number of nitrogens with zero attached hydrogens (tertiary/aromatic N) is 4. The first-order valence-electron chi connectivity index (χ1n) is 19.6. The molecule has 3 aliphatic heterocycles. The number of hydrogen-bond donors (Lipinski definition) is 0. The van der Waals surface area contributed by atoms with Crippen molar-refractivity contribution in [3.05, 3.63) is 142 Å². The van der Waals surface area contributed by atoms with Crippen molar-refractivity contribution in [2.75, 3.05) is 37.0 Å². The van der Waals surface area contributed by atoms with Crippen LogP contribution in [0.25, 0.3) is 21.5 Å². The van der Waals surface area contributed by atoms with E-state index in [1.807, 2.05) is 0 Å². The quantitative estimate of drug-likeness (QED) is 0.155. The molecule has 2 fully saturated rings. The highest BCUT2D eigenvalue weighted by molar-refractivity contribution is 6.29. The summed E-state index contributed by atoms with van der Waals surface area (Å²) in [6, 6.07) is 25.3. The van der Waals surface area contributed by atoms with E-state index in [4.69, 9.17) is 0 Å². The number of allylic oxidation sites excluding steroid dienone is 9. The summed E-state index contributed by atoms with van der Waals surface area (Å²) in [7, 11) is 4.23. The fraction of sp³-hybridized carbons (Fsp3) is 0.312. The zero-order chi connectivity index (χ0) is 39.0. The maximum atomic E-state index is 14.3. The lowest BCUT2D eigenvalue weighted by molar-refractivity contribution is -0.135. The highest BCUT2D eigenvalue weighted by Gasteiger charge is 2.44. The summed E-state index contributed by atoms with van der Waals surface area (Å²) in [6.45, 7) is 13.0. The molecule has 4 aromatic carbocycles. The van der Waals surface area contributed by atoms with Crippen molar-refractivity contribution in [3.63, 3.8) is 0 Å². The lowest BCUT2D eigenvalue weighted by atomic mass is 9.78. The van der Waals surface area contributed by atoms with E-state index >= 15 is 0 Å². The second kappa shape index (κ2) is 13.3. The first-order chi connectivity index (χ1) is 26.3. The van der Waals surface area contributed by atoms with E-state index in [2.05, 4.69) is 149 Å². The van der Waals surface area contributed by atoms with Gasteiger partial charge in [-0.3, -0.25) is 19.4 Å². The molecule has 1 saturated carbocycles. The maximum Gasteiger partial charge on any atom is 0.333 e. The maximum absolute atomic E-state index is 14.3. The standard InChI is InChI=1S/C48H50N4O3/c1-9-51-44(53)41(45(54)52(10-2)46(51)55)40-32(24-28-38-47(3,4)42-34-20-13-11-16-30(34)22-26-36(42)49(38)7)18-15-19-33(40)25-29-39-48(5,6)43-35-21-14-12-17-31(35)23-27-37(43)50(39)8/h11-14,16-17,20-29H,9-10,15,18-19H2,1-8H3/b32-24+,33-25+,38-28+,39-29?. The van der Waals surface area contributed by atoms with Gasteiger partial charge in [0.15, 0.2) is 0 Å². The largest absolute Gasteiger partial charge is 0.347 e. The molecule has 4 amide bonds. The van der Waals surface area contributed by atoms with Gasteiger partial charge in [0, 0.05) is 60.8 Å². The Labute approximate surface area is 324 Å². The third-order valence-corrected chi connectivity index (χ3v) is 12.5. The molecule has 3 heterocycles. The molecule has 0 aromatic heterocycles. The normalized spacial score (nSPS) is 22.4. The molecule has 0 bridgehead atoms. The van der Waals surface area contributed by atoms with Gasteiger partial charge >= 0.3 is 6.03 Å². The number of rotatable bonds is 4. The molecule has 8 rings (SSSR count). The van der Waals surface area contributed by atoms with Crippen LogP contribution in [0.2, 0.25) is 0 Å². The van der Waals surface area contributed by atoms with E-state index in [1.54, 1.807) is 13.8 Å². The van der Waals surface area contributed by atoms with Crippen molar-refractivity contribution < 1.29 is 14.4 Å². The Bertz CT molecular complexity index is 2330. The van der Waals surface area contributed by atoms with Gasteiger partial charge in [-0.1, -0.05) is 101 Å². The van der Waals surface area contributed by atoms with Crippen LogP contribution in [0.1, 0.15) is 71.9 Å². The van der Waals surface area contributed by atoms with Crippen LogP contribution in [-0.4, -0.2) is 54.8 Å². The number of hydrogen-bond acceptors (Lipinski definition) is 5. The molecule has 0 N–H and O–H groups in total. The number of carbonyl (C=O) groups is 3. The highest BCUT2D eigenvalue weighted by Crippen LogP contribution is 2.52. The molecule has 280 valence electrons. The molecule has 4 aromatic rings. The van der Waals surface area contributed by atoms with Crippen LogP contribution in [0.4, 0.5) is 16.2 Å². The fourth-order valence-corrected chi connectivity index (χ4v) is 9.78. The first-order valence-corrected chi connectivity index (χ1v) is 19.6.